The average molecular weight is 203 g/mol. The summed E-state index contributed by atoms with van der Waals surface area (Å²) in [5, 5.41) is 12.6. The molecule has 0 aliphatic heterocycles. The molecule has 0 saturated heterocycles. The Bertz CT molecular complexity index is 470. The highest BCUT2D eigenvalue weighted by atomic mass is 16.3. The maximum Gasteiger partial charge on any atom is 0.223 e. The minimum Gasteiger partial charge on any atom is -0.395 e. The maximum atomic E-state index is 8.67. The van der Waals surface area contributed by atoms with Crippen molar-refractivity contribution in [1.82, 2.24) is 9.97 Å². The van der Waals surface area contributed by atoms with Crippen LogP contribution in [0.2, 0.25) is 0 Å². The van der Waals surface area contributed by atoms with Crippen LogP contribution in [0, 0.1) is 6.92 Å². The number of anilines is 1. The summed E-state index contributed by atoms with van der Waals surface area (Å²) in [6, 6.07) is 6.05. The van der Waals surface area contributed by atoms with Gasteiger partial charge < -0.3 is 10.4 Å². The van der Waals surface area contributed by atoms with Crippen molar-refractivity contribution in [3.8, 4) is 0 Å². The Balaban J connectivity index is 2.36. The summed E-state index contributed by atoms with van der Waals surface area (Å²) in [5.41, 5.74) is 2.10. The first-order valence-corrected chi connectivity index (χ1v) is 4.88. The first kappa shape index (κ1) is 9.86. The predicted molar refractivity (Wildman–Crippen MR) is 59.9 cm³/mol. The van der Waals surface area contributed by atoms with E-state index in [1.807, 2.05) is 25.1 Å². The third-order valence-electron chi connectivity index (χ3n) is 2.13. The zero-order valence-electron chi connectivity index (χ0n) is 8.57. The quantitative estimate of drug-likeness (QED) is 0.790. The Morgan fingerprint density at radius 3 is 3.07 bits per heavy atom. The van der Waals surface area contributed by atoms with Gasteiger partial charge in [0.15, 0.2) is 0 Å². The van der Waals surface area contributed by atoms with E-state index in [9.17, 15) is 0 Å². The lowest BCUT2D eigenvalue weighted by atomic mass is 10.2. The third kappa shape index (κ3) is 2.22. The number of aromatic nitrogens is 2. The molecule has 1 heterocycles. The molecule has 2 N–H and O–H groups in total. The first-order valence-electron chi connectivity index (χ1n) is 4.88. The van der Waals surface area contributed by atoms with Crippen LogP contribution >= 0.6 is 0 Å². The zero-order chi connectivity index (χ0) is 10.7. The molecule has 0 unspecified atom stereocenters. The van der Waals surface area contributed by atoms with Crippen molar-refractivity contribution in [2.75, 3.05) is 18.5 Å². The molecule has 1 aromatic carbocycles. The highest BCUT2D eigenvalue weighted by molar-refractivity contribution is 5.79. The molecule has 2 rings (SSSR count). The monoisotopic (exact) mass is 203 g/mol. The molecule has 4 heteroatoms. The van der Waals surface area contributed by atoms with Gasteiger partial charge in [0, 0.05) is 18.1 Å². The van der Waals surface area contributed by atoms with Crippen molar-refractivity contribution in [1.29, 1.82) is 0 Å². The fraction of sp³-hybridized carbons (Fsp3) is 0.273. The standard InChI is InChI=1S/C11H13N3O/c1-8-2-3-9-7-13-11(12-4-5-15)14-10(9)6-8/h2-3,6-7,15H,4-5H2,1H3,(H,12,13,14). The van der Waals surface area contributed by atoms with Crippen LogP contribution in [-0.4, -0.2) is 28.2 Å². The molecular formula is C11H13N3O. The number of hydrogen-bond acceptors (Lipinski definition) is 4. The Morgan fingerprint density at radius 2 is 2.27 bits per heavy atom. The van der Waals surface area contributed by atoms with Gasteiger partial charge in [-0.1, -0.05) is 12.1 Å². The van der Waals surface area contributed by atoms with Crippen molar-refractivity contribution in [2.24, 2.45) is 0 Å². The molecule has 0 saturated carbocycles. The van der Waals surface area contributed by atoms with Crippen molar-refractivity contribution in [3.05, 3.63) is 30.0 Å². The molecule has 15 heavy (non-hydrogen) atoms. The molecule has 78 valence electrons. The van der Waals surface area contributed by atoms with Crippen LogP contribution in [0.1, 0.15) is 5.56 Å². The van der Waals surface area contributed by atoms with Gasteiger partial charge in [0.2, 0.25) is 5.95 Å². The molecular weight excluding hydrogens is 190 g/mol. The van der Waals surface area contributed by atoms with Crippen LogP contribution in [0.5, 0.6) is 0 Å². The van der Waals surface area contributed by atoms with Crippen LogP contribution in [0.25, 0.3) is 10.9 Å². The predicted octanol–water partition coefficient (Wildman–Crippen LogP) is 1.34. The van der Waals surface area contributed by atoms with E-state index in [0.29, 0.717) is 12.5 Å². The van der Waals surface area contributed by atoms with Gasteiger partial charge in [0.1, 0.15) is 0 Å². The summed E-state index contributed by atoms with van der Waals surface area (Å²) < 4.78 is 0. The van der Waals surface area contributed by atoms with E-state index in [4.69, 9.17) is 5.11 Å². The summed E-state index contributed by atoms with van der Waals surface area (Å²) in [7, 11) is 0. The van der Waals surface area contributed by atoms with Gasteiger partial charge >= 0.3 is 0 Å². The number of aryl methyl sites for hydroxylation is 1. The SMILES string of the molecule is Cc1ccc2cnc(NCCO)nc2c1. The highest BCUT2D eigenvalue weighted by Gasteiger charge is 1.98. The number of aliphatic hydroxyl groups excluding tert-OH is 1. The van der Waals surface area contributed by atoms with Gasteiger partial charge in [-0.05, 0) is 18.6 Å². The lowest BCUT2D eigenvalue weighted by Gasteiger charge is -2.04. The number of benzene rings is 1. The minimum absolute atomic E-state index is 0.0786. The smallest absolute Gasteiger partial charge is 0.223 e. The van der Waals surface area contributed by atoms with Gasteiger partial charge in [-0.15, -0.1) is 0 Å². The second-order valence-electron chi connectivity index (χ2n) is 3.41. The van der Waals surface area contributed by atoms with Crippen LogP contribution in [0.4, 0.5) is 5.95 Å². The van der Waals surface area contributed by atoms with Crippen molar-refractivity contribution in [3.63, 3.8) is 0 Å². The second kappa shape index (κ2) is 4.23. The number of fused-ring (bicyclic) bond motifs is 1. The fourth-order valence-electron chi connectivity index (χ4n) is 1.39. The zero-order valence-corrected chi connectivity index (χ0v) is 8.57. The topological polar surface area (TPSA) is 58.0 Å². The molecule has 4 nitrogen and oxygen atoms in total. The third-order valence-corrected chi connectivity index (χ3v) is 2.13. The van der Waals surface area contributed by atoms with E-state index in [0.717, 1.165) is 10.9 Å². The largest absolute Gasteiger partial charge is 0.395 e. The molecule has 0 amide bonds. The van der Waals surface area contributed by atoms with Gasteiger partial charge in [0.25, 0.3) is 0 Å². The molecule has 0 atom stereocenters. The molecule has 2 aromatic rings. The average Bonchev–Trinajstić information content (AvgIpc) is 2.25. The Labute approximate surface area is 88.0 Å². The second-order valence-corrected chi connectivity index (χ2v) is 3.41. The van der Waals surface area contributed by atoms with Crippen LogP contribution in [0.3, 0.4) is 0 Å². The Hall–Kier alpha value is -1.68. The van der Waals surface area contributed by atoms with E-state index < -0.39 is 0 Å². The summed E-state index contributed by atoms with van der Waals surface area (Å²) >= 11 is 0. The summed E-state index contributed by atoms with van der Waals surface area (Å²) in [6.07, 6.45) is 1.78. The number of rotatable bonds is 3. The van der Waals surface area contributed by atoms with E-state index >= 15 is 0 Å². The van der Waals surface area contributed by atoms with Crippen molar-refractivity contribution < 1.29 is 5.11 Å². The highest BCUT2D eigenvalue weighted by Crippen LogP contribution is 2.13. The van der Waals surface area contributed by atoms with E-state index in [2.05, 4.69) is 15.3 Å². The molecule has 0 aliphatic rings. The maximum absolute atomic E-state index is 8.67. The number of aliphatic hydroxyl groups is 1. The summed E-state index contributed by atoms with van der Waals surface area (Å²) in [6.45, 7) is 2.58. The molecule has 0 bridgehead atoms. The fourth-order valence-corrected chi connectivity index (χ4v) is 1.39. The molecule has 0 aliphatic carbocycles. The van der Waals surface area contributed by atoms with Crippen LogP contribution in [0.15, 0.2) is 24.4 Å². The summed E-state index contributed by atoms with van der Waals surface area (Å²) in [4.78, 5) is 8.48. The Kier molecular flexibility index (Phi) is 2.78. The van der Waals surface area contributed by atoms with Gasteiger partial charge in [-0.3, -0.25) is 0 Å². The Morgan fingerprint density at radius 1 is 1.40 bits per heavy atom. The molecule has 1 aromatic heterocycles. The lowest BCUT2D eigenvalue weighted by Crippen LogP contribution is -2.08. The molecule has 0 radical (unpaired) electrons. The lowest BCUT2D eigenvalue weighted by molar-refractivity contribution is 0.311. The van der Waals surface area contributed by atoms with Gasteiger partial charge in [-0.25, -0.2) is 9.97 Å². The van der Waals surface area contributed by atoms with Crippen molar-refractivity contribution in [2.45, 2.75) is 6.92 Å². The summed E-state index contributed by atoms with van der Waals surface area (Å²) in [5.74, 6) is 0.558. The first-order chi connectivity index (χ1) is 7.29. The molecule has 0 fully saturated rings. The van der Waals surface area contributed by atoms with Crippen LogP contribution < -0.4 is 5.32 Å². The van der Waals surface area contributed by atoms with E-state index in [1.165, 1.54) is 5.56 Å². The normalized spacial score (nSPS) is 10.5. The number of hydrogen-bond donors (Lipinski definition) is 2. The van der Waals surface area contributed by atoms with Crippen molar-refractivity contribution >= 4 is 16.9 Å². The number of nitrogens with zero attached hydrogens (tertiary/aromatic N) is 2. The van der Waals surface area contributed by atoms with Gasteiger partial charge in [-0.2, -0.15) is 0 Å². The number of nitrogens with one attached hydrogen (secondary N) is 1. The molecule has 0 spiro atoms. The van der Waals surface area contributed by atoms with Crippen LogP contribution in [-0.2, 0) is 0 Å². The van der Waals surface area contributed by atoms with E-state index in [1.54, 1.807) is 6.20 Å². The van der Waals surface area contributed by atoms with Gasteiger partial charge in [0.05, 0.1) is 12.1 Å². The minimum atomic E-state index is 0.0786. The van der Waals surface area contributed by atoms with E-state index in [-0.39, 0.29) is 6.61 Å².